The molecule has 0 aliphatic carbocycles. The maximum absolute atomic E-state index is 13.1. The molecule has 3 rings (SSSR count). The van der Waals surface area contributed by atoms with Gasteiger partial charge in [0.15, 0.2) is 5.16 Å². The molecule has 144 valence electrons. The Morgan fingerprint density at radius 3 is 2.61 bits per heavy atom. The molecule has 2 N–H and O–H groups in total. The maximum atomic E-state index is 13.1. The van der Waals surface area contributed by atoms with Gasteiger partial charge in [0, 0.05) is 13.2 Å². The second kappa shape index (κ2) is 8.22. The molecule has 0 aliphatic heterocycles. The number of thioether (sulfide) groups is 1. The number of para-hydroxylation sites is 1. The summed E-state index contributed by atoms with van der Waals surface area (Å²) in [6.45, 7) is 3.54. The number of benzene rings is 1. The summed E-state index contributed by atoms with van der Waals surface area (Å²) in [5.41, 5.74) is 1.21. The number of imide groups is 1. The quantitative estimate of drug-likeness (QED) is 0.515. The Labute approximate surface area is 165 Å². The van der Waals surface area contributed by atoms with E-state index in [9.17, 15) is 14.4 Å². The van der Waals surface area contributed by atoms with Crippen LogP contribution >= 0.6 is 11.8 Å². The third kappa shape index (κ3) is 4.04. The molecule has 0 unspecified atom stereocenters. The molecule has 8 nitrogen and oxygen atoms in total. The lowest BCUT2D eigenvalue weighted by Crippen LogP contribution is -2.41. The van der Waals surface area contributed by atoms with Crippen LogP contribution in [0.3, 0.4) is 0 Å². The summed E-state index contributed by atoms with van der Waals surface area (Å²) in [6.07, 6.45) is 1.66. The molecule has 9 heteroatoms. The van der Waals surface area contributed by atoms with E-state index in [0.717, 1.165) is 17.3 Å². The fraction of sp³-hybridized carbons (Fsp3) is 0.211. The van der Waals surface area contributed by atoms with E-state index >= 15 is 0 Å². The van der Waals surface area contributed by atoms with Gasteiger partial charge in [-0.25, -0.2) is 19.3 Å². The molecule has 0 fully saturated rings. The molecule has 2 heterocycles. The summed E-state index contributed by atoms with van der Waals surface area (Å²) in [6, 6.07) is 9.98. The van der Waals surface area contributed by atoms with Crippen LogP contribution in [0.2, 0.25) is 0 Å². The minimum atomic E-state index is -0.665. The lowest BCUT2D eigenvalue weighted by atomic mass is 10.2. The zero-order valence-electron chi connectivity index (χ0n) is 15.6. The Kier molecular flexibility index (Phi) is 5.74. The molecule has 3 aromatic rings. The lowest BCUT2D eigenvalue weighted by molar-refractivity contribution is -0.119. The maximum Gasteiger partial charge on any atom is 0.321 e. The van der Waals surface area contributed by atoms with Gasteiger partial charge < -0.3 is 5.32 Å². The third-order valence-corrected chi connectivity index (χ3v) is 5.04. The molecule has 2 aromatic heterocycles. The first-order valence-corrected chi connectivity index (χ1v) is 9.42. The number of rotatable bonds is 4. The van der Waals surface area contributed by atoms with Crippen LogP contribution in [0, 0.1) is 6.92 Å². The molecule has 0 saturated carbocycles. The van der Waals surface area contributed by atoms with E-state index < -0.39 is 17.2 Å². The SMILES string of the molecule is CNC(=O)NC(=O)[C@@H](C)Sc1nc2ccccc2c(=O)n1-c1ccc(C)cn1. The topological polar surface area (TPSA) is 106 Å². The van der Waals surface area contributed by atoms with Crippen molar-refractivity contribution in [1.82, 2.24) is 25.2 Å². The highest BCUT2D eigenvalue weighted by molar-refractivity contribution is 8.00. The first kappa shape index (κ1) is 19.6. The average molecular weight is 397 g/mol. The smallest absolute Gasteiger partial charge is 0.321 e. The Hall–Kier alpha value is -3.20. The van der Waals surface area contributed by atoms with Gasteiger partial charge in [-0.2, -0.15) is 0 Å². The Morgan fingerprint density at radius 2 is 1.93 bits per heavy atom. The van der Waals surface area contributed by atoms with E-state index in [-0.39, 0.29) is 5.56 Å². The van der Waals surface area contributed by atoms with Gasteiger partial charge in [0.25, 0.3) is 5.56 Å². The average Bonchev–Trinajstić information content (AvgIpc) is 2.69. The predicted octanol–water partition coefficient (Wildman–Crippen LogP) is 2.03. The molecule has 0 bridgehead atoms. The van der Waals surface area contributed by atoms with Crippen molar-refractivity contribution in [1.29, 1.82) is 0 Å². The molecule has 0 spiro atoms. The molecular weight excluding hydrogens is 378 g/mol. The molecule has 3 amide bonds. The standard InChI is InChI=1S/C19H19N5O3S/c1-11-8-9-15(21-10-11)24-17(26)13-6-4-5-7-14(13)22-19(24)28-12(2)16(25)23-18(27)20-3/h4-10,12H,1-3H3,(H2,20,23,25,27)/t12-/m1/s1. The van der Waals surface area contributed by atoms with Gasteiger partial charge in [-0.3, -0.25) is 14.9 Å². The van der Waals surface area contributed by atoms with Crippen LogP contribution in [0.5, 0.6) is 0 Å². The molecule has 0 aliphatic rings. The molecule has 1 aromatic carbocycles. The van der Waals surface area contributed by atoms with Gasteiger partial charge in [0.2, 0.25) is 5.91 Å². The third-order valence-electron chi connectivity index (χ3n) is 3.98. The second-order valence-electron chi connectivity index (χ2n) is 6.07. The number of aryl methyl sites for hydroxylation is 1. The van der Waals surface area contributed by atoms with E-state index in [1.807, 2.05) is 13.0 Å². The van der Waals surface area contributed by atoms with Crippen molar-refractivity contribution in [3.63, 3.8) is 0 Å². The van der Waals surface area contributed by atoms with E-state index in [2.05, 4.69) is 20.6 Å². The summed E-state index contributed by atoms with van der Waals surface area (Å²) in [5.74, 6) is -0.0783. The number of fused-ring (bicyclic) bond motifs is 1. The zero-order valence-corrected chi connectivity index (χ0v) is 16.4. The van der Waals surface area contributed by atoms with Gasteiger partial charge in [-0.1, -0.05) is 30.0 Å². The number of carbonyl (C=O) groups is 2. The number of carbonyl (C=O) groups excluding carboxylic acids is 2. The van der Waals surface area contributed by atoms with Crippen molar-refractivity contribution in [2.24, 2.45) is 0 Å². The fourth-order valence-corrected chi connectivity index (χ4v) is 3.39. The highest BCUT2D eigenvalue weighted by Gasteiger charge is 2.21. The number of hydrogen-bond donors (Lipinski definition) is 2. The summed E-state index contributed by atoms with van der Waals surface area (Å²) < 4.78 is 1.39. The number of hydrogen-bond acceptors (Lipinski definition) is 6. The van der Waals surface area contributed by atoms with Gasteiger partial charge >= 0.3 is 6.03 Å². The van der Waals surface area contributed by atoms with Crippen LogP contribution in [0.4, 0.5) is 4.79 Å². The van der Waals surface area contributed by atoms with Crippen molar-refractivity contribution in [3.8, 4) is 5.82 Å². The highest BCUT2D eigenvalue weighted by Crippen LogP contribution is 2.24. The van der Waals surface area contributed by atoms with Crippen molar-refractivity contribution < 1.29 is 9.59 Å². The Bertz CT molecular complexity index is 1090. The largest absolute Gasteiger partial charge is 0.341 e. The van der Waals surface area contributed by atoms with Crippen molar-refractivity contribution in [2.75, 3.05) is 7.05 Å². The van der Waals surface area contributed by atoms with Crippen LogP contribution in [0.1, 0.15) is 12.5 Å². The Morgan fingerprint density at radius 1 is 1.18 bits per heavy atom. The summed E-state index contributed by atoms with van der Waals surface area (Å²) in [4.78, 5) is 45.6. The number of nitrogens with zero attached hydrogens (tertiary/aromatic N) is 3. The summed E-state index contributed by atoms with van der Waals surface area (Å²) in [5, 5.41) is 4.67. The molecule has 0 saturated heterocycles. The number of nitrogens with one attached hydrogen (secondary N) is 2. The van der Waals surface area contributed by atoms with E-state index in [0.29, 0.717) is 21.9 Å². The number of pyridine rings is 1. The molecule has 1 atom stereocenters. The minimum Gasteiger partial charge on any atom is -0.341 e. The van der Waals surface area contributed by atoms with Crippen LogP contribution in [0.15, 0.2) is 52.5 Å². The summed E-state index contributed by atoms with van der Waals surface area (Å²) >= 11 is 1.08. The number of amides is 3. The first-order valence-electron chi connectivity index (χ1n) is 8.54. The van der Waals surface area contributed by atoms with Crippen LogP contribution < -0.4 is 16.2 Å². The Balaban J connectivity index is 2.08. The van der Waals surface area contributed by atoms with Crippen LogP contribution in [-0.2, 0) is 4.79 Å². The van der Waals surface area contributed by atoms with E-state index in [4.69, 9.17) is 0 Å². The van der Waals surface area contributed by atoms with E-state index in [1.54, 1.807) is 43.5 Å². The first-order chi connectivity index (χ1) is 13.4. The van der Waals surface area contributed by atoms with Crippen molar-refractivity contribution >= 4 is 34.6 Å². The van der Waals surface area contributed by atoms with Gasteiger partial charge in [0.05, 0.1) is 16.2 Å². The van der Waals surface area contributed by atoms with Gasteiger partial charge in [-0.15, -0.1) is 0 Å². The summed E-state index contributed by atoms with van der Waals surface area (Å²) in [7, 11) is 1.42. The fourth-order valence-electron chi connectivity index (χ4n) is 2.47. The normalized spacial score (nSPS) is 11.8. The van der Waals surface area contributed by atoms with Gasteiger partial charge in [0.1, 0.15) is 5.82 Å². The van der Waals surface area contributed by atoms with Crippen molar-refractivity contribution in [3.05, 3.63) is 58.5 Å². The zero-order chi connectivity index (χ0) is 20.3. The second-order valence-corrected chi connectivity index (χ2v) is 7.38. The highest BCUT2D eigenvalue weighted by atomic mass is 32.2. The molecule has 0 radical (unpaired) electrons. The number of aromatic nitrogens is 3. The van der Waals surface area contributed by atoms with Crippen LogP contribution in [-0.4, -0.2) is 38.8 Å². The predicted molar refractivity (Wildman–Crippen MR) is 108 cm³/mol. The van der Waals surface area contributed by atoms with Gasteiger partial charge in [-0.05, 0) is 37.6 Å². The molecular formula is C19H19N5O3S. The van der Waals surface area contributed by atoms with Crippen molar-refractivity contribution in [2.45, 2.75) is 24.3 Å². The minimum absolute atomic E-state index is 0.275. The molecule has 28 heavy (non-hydrogen) atoms. The van der Waals surface area contributed by atoms with Crippen LogP contribution in [0.25, 0.3) is 16.7 Å². The number of urea groups is 1. The van der Waals surface area contributed by atoms with E-state index in [1.165, 1.54) is 11.6 Å². The monoisotopic (exact) mass is 397 g/mol. The lowest BCUT2D eigenvalue weighted by Gasteiger charge is -2.15.